The summed E-state index contributed by atoms with van der Waals surface area (Å²) >= 11 is 0. The minimum absolute atomic E-state index is 0. The number of aliphatic imine (C=N–C) groups is 1. The summed E-state index contributed by atoms with van der Waals surface area (Å²) in [6.45, 7) is 3.44. The lowest BCUT2D eigenvalue weighted by Crippen LogP contribution is -2.44. The van der Waals surface area contributed by atoms with Gasteiger partial charge in [0.05, 0.1) is 6.10 Å². The van der Waals surface area contributed by atoms with Crippen LogP contribution < -0.4 is 5.73 Å². The topological polar surface area (TPSA) is 60.1 Å². The Balaban J connectivity index is 0.00000256. The quantitative estimate of drug-likeness (QED) is 0.346. The van der Waals surface area contributed by atoms with Gasteiger partial charge in [0.2, 0.25) is 0 Å². The van der Waals surface area contributed by atoms with E-state index in [4.69, 9.17) is 15.2 Å². The maximum Gasteiger partial charge on any atom is 0.190 e. The lowest BCUT2D eigenvalue weighted by atomic mass is 10.1. The molecule has 1 heterocycles. The maximum absolute atomic E-state index is 5.76. The number of nitrogens with zero attached hydrogens (tertiary/aromatic N) is 2. The van der Waals surface area contributed by atoms with E-state index in [1.165, 1.54) is 0 Å². The lowest BCUT2D eigenvalue weighted by molar-refractivity contribution is 0.0102. The van der Waals surface area contributed by atoms with Crippen LogP contribution in [-0.4, -0.2) is 57.4 Å². The van der Waals surface area contributed by atoms with Crippen molar-refractivity contribution in [3.63, 3.8) is 0 Å². The first-order valence-corrected chi connectivity index (χ1v) is 5.85. The summed E-state index contributed by atoms with van der Waals surface area (Å²) in [6, 6.07) is 0. The smallest absolute Gasteiger partial charge is 0.190 e. The molecule has 17 heavy (non-hydrogen) atoms. The highest BCUT2D eigenvalue weighted by Crippen LogP contribution is 2.13. The summed E-state index contributed by atoms with van der Waals surface area (Å²) in [5.74, 6) is 0.637. The number of rotatable bonds is 5. The molecule has 0 atom stereocenters. The number of piperidine rings is 1. The number of hydrogen-bond donors (Lipinski definition) is 1. The molecule has 0 amide bonds. The molecule has 1 aliphatic rings. The normalized spacial score (nSPS) is 18.0. The molecule has 0 aromatic rings. The van der Waals surface area contributed by atoms with Gasteiger partial charge in [-0.15, -0.1) is 24.0 Å². The van der Waals surface area contributed by atoms with Crippen molar-refractivity contribution in [2.75, 3.05) is 40.5 Å². The number of halogens is 1. The molecular formula is C11H24IN3O2. The molecule has 0 spiro atoms. The van der Waals surface area contributed by atoms with Crippen LogP contribution in [0, 0.1) is 0 Å². The Morgan fingerprint density at radius 2 is 2.00 bits per heavy atom. The van der Waals surface area contributed by atoms with Gasteiger partial charge >= 0.3 is 0 Å². The van der Waals surface area contributed by atoms with Crippen molar-refractivity contribution in [1.82, 2.24) is 4.90 Å². The maximum atomic E-state index is 5.76. The minimum atomic E-state index is 0. The molecule has 1 rings (SSSR count). The van der Waals surface area contributed by atoms with E-state index in [1.807, 2.05) is 0 Å². The van der Waals surface area contributed by atoms with Crippen LogP contribution in [0.25, 0.3) is 0 Å². The zero-order valence-corrected chi connectivity index (χ0v) is 13.1. The average molecular weight is 357 g/mol. The highest BCUT2D eigenvalue weighted by molar-refractivity contribution is 14.0. The van der Waals surface area contributed by atoms with Crippen molar-refractivity contribution in [3.8, 4) is 0 Å². The standard InChI is InChI=1S/C11H23N3O2.HI/c1-13-11(12)14-6-4-10(5-7-14)16-9-3-8-15-2;/h10H,3-9H2,1-2H3,(H2,12,13);1H. The third kappa shape index (κ3) is 6.42. The van der Waals surface area contributed by atoms with E-state index in [-0.39, 0.29) is 24.0 Å². The zero-order valence-electron chi connectivity index (χ0n) is 10.7. The molecule has 1 saturated heterocycles. The number of nitrogens with two attached hydrogens (primary N) is 1. The molecule has 0 radical (unpaired) electrons. The monoisotopic (exact) mass is 357 g/mol. The summed E-state index contributed by atoms with van der Waals surface area (Å²) in [6.07, 6.45) is 3.40. The molecule has 0 unspecified atom stereocenters. The number of ether oxygens (including phenoxy) is 2. The van der Waals surface area contributed by atoms with Crippen molar-refractivity contribution in [1.29, 1.82) is 0 Å². The van der Waals surface area contributed by atoms with Crippen LogP contribution in [-0.2, 0) is 9.47 Å². The number of guanidine groups is 1. The van der Waals surface area contributed by atoms with Gasteiger partial charge in [0, 0.05) is 40.5 Å². The Kier molecular flexibility index (Phi) is 9.85. The van der Waals surface area contributed by atoms with E-state index in [0.29, 0.717) is 12.1 Å². The van der Waals surface area contributed by atoms with Crippen LogP contribution in [0.5, 0.6) is 0 Å². The second-order valence-electron chi connectivity index (χ2n) is 3.99. The number of likely N-dealkylation sites (tertiary alicyclic amines) is 1. The van der Waals surface area contributed by atoms with Gasteiger partial charge in [0.15, 0.2) is 5.96 Å². The van der Waals surface area contributed by atoms with Gasteiger partial charge < -0.3 is 20.1 Å². The largest absolute Gasteiger partial charge is 0.385 e. The molecule has 0 aromatic carbocycles. The second kappa shape index (κ2) is 9.90. The Bertz CT molecular complexity index is 219. The molecule has 6 heteroatoms. The Morgan fingerprint density at radius 3 is 2.53 bits per heavy atom. The second-order valence-corrected chi connectivity index (χ2v) is 3.99. The van der Waals surface area contributed by atoms with E-state index in [9.17, 15) is 0 Å². The Morgan fingerprint density at radius 1 is 1.35 bits per heavy atom. The molecule has 0 bridgehead atoms. The lowest BCUT2D eigenvalue weighted by Gasteiger charge is -2.32. The van der Waals surface area contributed by atoms with Gasteiger partial charge in [-0.2, -0.15) is 0 Å². The summed E-state index contributed by atoms with van der Waals surface area (Å²) in [4.78, 5) is 6.09. The summed E-state index contributed by atoms with van der Waals surface area (Å²) in [5.41, 5.74) is 5.75. The highest BCUT2D eigenvalue weighted by Gasteiger charge is 2.20. The molecule has 0 saturated carbocycles. The predicted octanol–water partition coefficient (Wildman–Crippen LogP) is 1.07. The van der Waals surface area contributed by atoms with Crippen molar-refractivity contribution in [2.24, 2.45) is 10.7 Å². The average Bonchev–Trinajstić information content (AvgIpc) is 2.34. The molecule has 1 aliphatic heterocycles. The zero-order chi connectivity index (χ0) is 11.8. The summed E-state index contributed by atoms with van der Waals surface area (Å²) in [5, 5.41) is 0. The fourth-order valence-corrected chi connectivity index (χ4v) is 1.85. The Labute approximate surface area is 121 Å². The van der Waals surface area contributed by atoms with Crippen molar-refractivity contribution >= 4 is 29.9 Å². The predicted molar refractivity (Wildman–Crippen MR) is 80.0 cm³/mol. The first-order valence-electron chi connectivity index (χ1n) is 5.85. The van der Waals surface area contributed by atoms with E-state index < -0.39 is 0 Å². The molecule has 102 valence electrons. The first kappa shape index (κ1) is 16.9. The van der Waals surface area contributed by atoms with E-state index in [1.54, 1.807) is 14.2 Å². The summed E-state index contributed by atoms with van der Waals surface area (Å²) in [7, 11) is 3.44. The van der Waals surface area contributed by atoms with Crippen LogP contribution in [0.4, 0.5) is 0 Å². The van der Waals surface area contributed by atoms with Gasteiger partial charge in [-0.05, 0) is 19.3 Å². The SMILES string of the molecule is CN=C(N)N1CCC(OCCCOC)CC1.I. The van der Waals surface area contributed by atoms with Crippen LogP contribution in [0.1, 0.15) is 19.3 Å². The highest BCUT2D eigenvalue weighted by atomic mass is 127. The van der Waals surface area contributed by atoms with Crippen LogP contribution in [0.15, 0.2) is 4.99 Å². The molecule has 0 aliphatic carbocycles. The minimum Gasteiger partial charge on any atom is -0.385 e. The van der Waals surface area contributed by atoms with Gasteiger partial charge in [-0.1, -0.05) is 0 Å². The molecule has 0 aromatic heterocycles. The van der Waals surface area contributed by atoms with Gasteiger partial charge in [0.25, 0.3) is 0 Å². The summed E-state index contributed by atoms with van der Waals surface area (Å²) < 4.78 is 10.7. The third-order valence-corrected chi connectivity index (χ3v) is 2.84. The third-order valence-electron chi connectivity index (χ3n) is 2.84. The van der Waals surface area contributed by atoms with Gasteiger partial charge in [0.1, 0.15) is 0 Å². The molecule has 2 N–H and O–H groups in total. The van der Waals surface area contributed by atoms with E-state index >= 15 is 0 Å². The molecule has 5 nitrogen and oxygen atoms in total. The van der Waals surface area contributed by atoms with Crippen LogP contribution in [0.2, 0.25) is 0 Å². The fourth-order valence-electron chi connectivity index (χ4n) is 1.85. The van der Waals surface area contributed by atoms with E-state index in [0.717, 1.165) is 45.6 Å². The van der Waals surface area contributed by atoms with Crippen molar-refractivity contribution in [2.45, 2.75) is 25.4 Å². The molecule has 1 fully saturated rings. The van der Waals surface area contributed by atoms with E-state index in [2.05, 4.69) is 9.89 Å². The number of methoxy groups -OCH3 is 1. The van der Waals surface area contributed by atoms with Gasteiger partial charge in [-0.3, -0.25) is 4.99 Å². The van der Waals surface area contributed by atoms with Crippen molar-refractivity contribution in [3.05, 3.63) is 0 Å². The molecular weight excluding hydrogens is 333 g/mol. The number of hydrogen-bond acceptors (Lipinski definition) is 3. The van der Waals surface area contributed by atoms with Gasteiger partial charge in [-0.25, -0.2) is 0 Å². The van der Waals surface area contributed by atoms with Crippen LogP contribution in [0.3, 0.4) is 0 Å². The Hall–Kier alpha value is -0.0800. The fraction of sp³-hybridized carbons (Fsp3) is 0.909. The van der Waals surface area contributed by atoms with Crippen LogP contribution >= 0.6 is 24.0 Å². The van der Waals surface area contributed by atoms with Crippen molar-refractivity contribution < 1.29 is 9.47 Å². The first-order chi connectivity index (χ1) is 7.77.